The second-order valence-corrected chi connectivity index (χ2v) is 9.37. The molecule has 0 saturated carbocycles. The van der Waals surface area contributed by atoms with Crippen LogP contribution in [0.3, 0.4) is 0 Å². The van der Waals surface area contributed by atoms with Crippen LogP contribution < -0.4 is 15.0 Å². The Hall–Kier alpha value is -2.84. The molecule has 0 fully saturated rings. The number of hydrogen-bond donors (Lipinski definition) is 1. The van der Waals surface area contributed by atoms with Crippen LogP contribution in [0.5, 0.6) is 5.75 Å². The van der Waals surface area contributed by atoms with Crippen molar-refractivity contribution in [2.24, 2.45) is 0 Å². The first kappa shape index (κ1) is 21.4. The monoisotopic (exact) mass is 453 g/mol. The normalized spacial score (nSPS) is 14.9. The summed E-state index contributed by atoms with van der Waals surface area (Å²) < 4.78 is 5.89. The average Bonchev–Trinajstić information content (AvgIpc) is 3.35. The molecular weight excluding hydrogens is 430 g/mol. The Morgan fingerprint density at radius 3 is 2.77 bits per heavy atom. The van der Waals surface area contributed by atoms with Crippen LogP contribution in [0.25, 0.3) is 0 Å². The van der Waals surface area contributed by atoms with Gasteiger partial charge >= 0.3 is 0 Å². The number of anilines is 2. The van der Waals surface area contributed by atoms with E-state index in [0.29, 0.717) is 0 Å². The van der Waals surface area contributed by atoms with E-state index in [1.807, 2.05) is 28.5 Å². The number of para-hydroxylation sites is 1. The molecule has 1 aliphatic rings. The summed E-state index contributed by atoms with van der Waals surface area (Å²) in [6, 6.07) is 15.4. The molecule has 1 atom stereocenters. The zero-order valence-electron chi connectivity index (χ0n) is 17.3. The number of methoxy groups -OCH3 is 1. The van der Waals surface area contributed by atoms with Crippen LogP contribution in [0.15, 0.2) is 58.3 Å². The van der Waals surface area contributed by atoms with Crippen molar-refractivity contribution in [3.05, 3.63) is 65.2 Å². The SMILES string of the molecule is COc1ccc(NC(=O)CSc2nc(CC(=O)N3c4ccccc4CC3C)cs2)cc1. The summed E-state index contributed by atoms with van der Waals surface area (Å²) in [4.78, 5) is 31.5. The second-order valence-electron chi connectivity index (χ2n) is 7.29. The van der Waals surface area contributed by atoms with Gasteiger partial charge in [0, 0.05) is 22.8 Å². The van der Waals surface area contributed by atoms with E-state index < -0.39 is 0 Å². The van der Waals surface area contributed by atoms with Gasteiger partial charge in [0.15, 0.2) is 4.34 Å². The van der Waals surface area contributed by atoms with E-state index in [1.165, 1.54) is 28.7 Å². The topological polar surface area (TPSA) is 71.5 Å². The first-order valence-electron chi connectivity index (χ1n) is 9.94. The number of amides is 2. The molecule has 3 aromatic rings. The Bertz CT molecular complexity index is 1080. The number of benzene rings is 2. The van der Waals surface area contributed by atoms with Crippen molar-refractivity contribution in [3.63, 3.8) is 0 Å². The maximum atomic E-state index is 12.9. The zero-order valence-corrected chi connectivity index (χ0v) is 19.0. The van der Waals surface area contributed by atoms with Crippen LogP contribution in [0.1, 0.15) is 18.2 Å². The molecule has 2 amide bonds. The molecule has 0 saturated heterocycles. The number of ether oxygens (including phenoxy) is 1. The first-order valence-corrected chi connectivity index (χ1v) is 11.8. The number of nitrogens with zero attached hydrogens (tertiary/aromatic N) is 2. The number of thiazole rings is 1. The molecule has 1 unspecified atom stereocenters. The number of fused-ring (bicyclic) bond motifs is 1. The standard InChI is InChI=1S/C23H23N3O3S2/c1-15-11-16-5-3-4-6-20(16)26(15)22(28)12-18-13-30-23(25-18)31-14-21(27)24-17-7-9-19(29-2)10-8-17/h3-10,13,15H,11-12,14H2,1-2H3,(H,24,27). The lowest BCUT2D eigenvalue weighted by atomic mass is 10.1. The average molecular weight is 454 g/mol. The van der Waals surface area contributed by atoms with Gasteiger partial charge in [-0.25, -0.2) is 4.98 Å². The second kappa shape index (κ2) is 9.53. The highest BCUT2D eigenvalue weighted by molar-refractivity contribution is 8.01. The fraction of sp³-hybridized carbons (Fsp3) is 0.261. The number of thioether (sulfide) groups is 1. The van der Waals surface area contributed by atoms with E-state index in [1.54, 1.807) is 31.4 Å². The molecular formula is C23H23N3O3S2. The van der Waals surface area contributed by atoms with Crippen LogP contribution in [-0.2, 0) is 22.4 Å². The number of carbonyl (C=O) groups is 2. The predicted molar refractivity (Wildman–Crippen MR) is 125 cm³/mol. The summed E-state index contributed by atoms with van der Waals surface area (Å²) in [7, 11) is 1.60. The van der Waals surface area contributed by atoms with E-state index in [2.05, 4.69) is 23.3 Å². The molecule has 1 aliphatic heterocycles. The quantitative estimate of drug-likeness (QED) is 0.537. The number of hydrogen-bond acceptors (Lipinski definition) is 6. The highest BCUT2D eigenvalue weighted by atomic mass is 32.2. The van der Waals surface area contributed by atoms with Gasteiger partial charge in [0.2, 0.25) is 11.8 Å². The Balaban J connectivity index is 1.30. The number of nitrogens with one attached hydrogen (secondary N) is 1. The van der Waals surface area contributed by atoms with Crippen LogP contribution in [0.2, 0.25) is 0 Å². The number of aromatic nitrogens is 1. The largest absolute Gasteiger partial charge is 0.497 e. The van der Waals surface area contributed by atoms with E-state index >= 15 is 0 Å². The van der Waals surface area contributed by atoms with Gasteiger partial charge in [0.25, 0.3) is 0 Å². The van der Waals surface area contributed by atoms with Gasteiger partial charge < -0.3 is 15.0 Å². The van der Waals surface area contributed by atoms with Crippen LogP contribution in [0, 0.1) is 0 Å². The minimum absolute atomic E-state index is 0.0524. The summed E-state index contributed by atoms with van der Waals surface area (Å²) >= 11 is 2.83. The molecule has 160 valence electrons. The van der Waals surface area contributed by atoms with Crippen molar-refractivity contribution in [1.82, 2.24) is 4.98 Å². The Labute approximate surface area is 189 Å². The van der Waals surface area contributed by atoms with Crippen LogP contribution in [-0.4, -0.2) is 35.7 Å². The van der Waals surface area contributed by atoms with Crippen molar-refractivity contribution in [3.8, 4) is 5.75 Å². The minimum atomic E-state index is -0.106. The Morgan fingerprint density at radius 1 is 1.23 bits per heavy atom. The molecule has 31 heavy (non-hydrogen) atoms. The number of rotatable bonds is 7. The summed E-state index contributed by atoms with van der Waals surface area (Å²) in [6.45, 7) is 2.07. The highest BCUT2D eigenvalue weighted by Gasteiger charge is 2.30. The third-order valence-corrected chi connectivity index (χ3v) is 7.11. The van der Waals surface area contributed by atoms with Gasteiger partial charge in [-0.1, -0.05) is 30.0 Å². The summed E-state index contributed by atoms with van der Waals surface area (Å²) in [5.74, 6) is 0.940. The summed E-state index contributed by atoms with van der Waals surface area (Å²) in [5, 5.41) is 4.75. The zero-order chi connectivity index (χ0) is 21.8. The third-order valence-electron chi connectivity index (χ3n) is 5.04. The molecule has 8 heteroatoms. The molecule has 0 spiro atoms. The molecule has 0 radical (unpaired) electrons. The Morgan fingerprint density at radius 2 is 2.00 bits per heavy atom. The van der Waals surface area contributed by atoms with Crippen molar-refractivity contribution >= 4 is 46.3 Å². The van der Waals surface area contributed by atoms with Gasteiger partial charge in [-0.05, 0) is 49.2 Å². The van der Waals surface area contributed by atoms with Gasteiger partial charge in [-0.3, -0.25) is 9.59 Å². The van der Waals surface area contributed by atoms with Gasteiger partial charge in [-0.2, -0.15) is 0 Å². The van der Waals surface area contributed by atoms with E-state index in [-0.39, 0.29) is 30.0 Å². The maximum Gasteiger partial charge on any atom is 0.234 e. The molecule has 1 aromatic heterocycles. The van der Waals surface area contributed by atoms with Crippen LogP contribution in [0.4, 0.5) is 11.4 Å². The number of carbonyl (C=O) groups excluding carboxylic acids is 2. The predicted octanol–water partition coefficient (Wildman–Crippen LogP) is 4.40. The van der Waals surface area contributed by atoms with Crippen molar-refractivity contribution in [2.75, 3.05) is 23.1 Å². The first-order chi connectivity index (χ1) is 15.0. The Kier molecular flexibility index (Phi) is 6.58. The van der Waals surface area contributed by atoms with Crippen molar-refractivity contribution < 1.29 is 14.3 Å². The highest BCUT2D eigenvalue weighted by Crippen LogP contribution is 2.32. The van der Waals surface area contributed by atoms with Crippen molar-refractivity contribution in [1.29, 1.82) is 0 Å². The molecule has 6 nitrogen and oxygen atoms in total. The minimum Gasteiger partial charge on any atom is -0.497 e. The van der Waals surface area contributed by atoms with E-state index in [4.69, 9.17) is 4.74 Å². The van der Waals surface area contributed by atoms with Gasteiger partial charge in [0.1, 0.15) is 5.75 Å². The summed E-state index contributed by atoms with van der Waals surface area (Å²) in [6.07, 6.45) is 1.14. The van der Waals surface area contributed by atoms with E-state index in [9.17, 15) is 9.59 Å². The lowest BCUT2D eigenvalue weighted by Crippen LogP contribution is -2.36. The maximum absolute atomic E-state index is 12.9. The fourth-order valence-electron chi connectivity index (χ4n) is 3.62. The van der Waals surface area contributed by atoms with Crippen molar-refractivity contribution in [2.45, 2.75) is 30.1 Å². The lowest BCUT2D eigenvalue weighted by molar-refractivity contribution is -0.118. The summed E-state index contributed by atoms with van der Waals surface area (Å²) in [5.41, 5.74) is 3.67. The molecule has 4 rings (SSSR count). The van der Waals surface area contributed by atoms with E-state index in [0.717, 1.165) is 33.6 Å². The van der Waals surface area contributed by atoms with Gasteiger partial charge in [-0.15, -0.1) is 11.3 Å². The molecule has 2 heterocycles. The lowest BCUT2D eigenvalue weighted by Gasteiger charge is -2.22. The fourth-order valence-corrected chi connectivity index (χ4v) is 5.26. The molecule has 2 aromatic carbocycles. The van der Waals surface area contributed by atoms with Gasteiger partial charge in [0.05, 0.1) is 25.0 Å². The smallest absolute Gasteiger partial charge is 0.234 e. The van der Waals surface area contributed by atoms with Crippen LogP contribution >= 0.6 is 23.1 Å². The molecule has 0 aliphatic carbocycles. The molecule has 0 bridgehead atoms. The molecule has 1 N–H and O–H groups in total. The third kappa shape index (κ3) is 5.08.